The summed E-state index contributed by atoms with van der Waals surface area (Å²) in [4.78, 5) is 23.4. The summed E-state index contributed by atoms with van der Waals surface area (Å²) in [7, 11) is 0. The van der Waals surface area contributed by atoms with Crippen molar-refractivity contribution >= 4 is 5.91 Å². The predicted molar refractivity (Wildman–Crippen MR) is 84.3 cm³/mol. The molecule has 0 spiro atoms. The van der Waals surface area contributed by atoms with Crippen LogP contribution in [0.3, 0.4) is 0 Å². The Bertz CT molecular complexity index is 711. The Labute approximate surface area is 135 Å². The molecule has 2 aliphatic rings. The van der Waals surface area contributed by atoms with Crippen LogP contribution in [0.25, 0.3) is 5.69 Å². The topological polar surface area (TPSA) is 60.2 Å². The number of nitrogens with zero attached hydrogens (tertiary/aromatic N) is 4. The monoisotopic (exact) mass is 312 g/mol. The lowest BCUT2D eigenvalue weighted by molar-refractivity contribution is -0.0549. The van der Waals surface area contributed by atoms with E-state index in [0.717, 1.165) is 5.69 Å². The lowest BCUT2D eigenvalue weighted by Gasteiger charge is -2.45. The molecule has 0 N–H and O–H groups in total. The second-order valence-electron chi connectivity index (χ2n) is 6.51. The van der Waals surface area contributed by atoms with E-state index in [4.69, 9.17) is 4.74 Å². The van der Waals surface area contributed by atoms with Gasteiger partial charge in [0.25, 0.3) is 5.91 Å². The van der Waals surface area contributed by atoms with Gasteiger partial charge in [0.15, 0.2) is 0 Å². The molecule has 1 amide bonds. The van der Waals surface area contributed by atoms with Gasteiger partial charge in [-0.25, -0.2) is 4.98 Å². The highest BCUT2D eigenvalue weighted by Gasteiger charge is 2.49. The van der Waals surface area contributed by atoms with Gasteiger partial charge in [-0.2, -0.15) is 0 Å². The fourth-order valence-electron chi connectivity index (χ4n) is 3.39. The van der Waals surface area contributed by atoms with Crippen LogP contribution in [0.4, 0.5) is 0 Å². The number of hydrogen-bond acceptors (Lipinski definition) is 4. The lowest BCUT2D eigenvalue weighted by atomic mass is 9.92. The molecule has 1 saturated carbocycles. The average Bonchev–Trinajstić information content (AvgIpc) is 3.31. The third-order valence-corrected chi connectivity index (χ3v) is 4.94. The van der Waals surface area contributed by atoms with E-state index < -0.39 is 0 Å². The number of hydrogen-bond donors (Lipinski definition) is 0. The van der Waals surface area contributed by atoms with Crippen molar-refractivity contribution in [1.82, 2.24) is 19.4 Å². The highest BCUT2D eigenvalue weighted by molar-refractivity contribution is 5.93. The first kappa shape index (κ1) is 14.4. The molecule has 6 heteroatoms. The van der Waals surface area contributed by atoms with E-state index in [1.54, 1.807) is 18.7 Å². The van der Waals surface area contributed by atoms with Gasteiger partial charge in [0.2, 0.25) is 0 Å². The van der Waals surface area contributed by atoms with E-state index in [-0.39, 0.29) is 11.4 Å². The van der Waals surface area contributed by atoms with Crippen molar-refractivity contribution < 1.29 is 9.53 Å². The van der Waals surface area contributed by atoms with Crippen LogP contribution in [0.5, 0.6) is 0 Å². The maximum atomic E-state index is 13.1. The van der Waals surface area contributed by atoms with Gasteiger partial charge < -0.3 is 14.2 Å². The number of pyridine rings is 1. The molecule has 6 nitrogen and oxygen atoms in total. The van der Waals surface area contributed by atoms with Gasteiger partial charge >= 0.3 is 0 Å². The summed E-state index contributed by atoms with van der Waals surface area (Å²) < 4.78 is 7.53. The minimum atomic E-state index is -0.206. The van der Waals surface area contributed by atoms with E-state index in [1.165, 1.54) is 12.8 Å². The molecule has 2 aromatic heterocycles. The number of imidazole rings is 1. The van der Waals surface area contributed by atoms with Crippen molar-refractivity contribution in [2.24, 2.45) is 5.92 Å². The molecule has 1 atom stereocenters. The summed E-state index contributed by atoms with van der Waals surface area (Å²) in [5.41, 5.74) is 1.16. The number of rotatable bonds is 3. The number of morpholine rings is 1. The van der Waals surface area contributed by atoms with Crippen LogP contribution in [0.1, 0.15) is 30.3 Å². The Morgan fingerprint density at radius 3 is 3.00 bits per heavy atom. The number of carbonyl (C=O) groups excluding carboxylic acids is 1. The summed E-state index contributed by atoms with van der Waals surface area (Å²) in [5.74, 6) is 0.535. The Balaban J connectivity index is 1.64. The molecule has 2 fully saturated rings. The molecule has 0 bridgehead atoms. The van der Waals surface area contributed by atoms with Crippen LogP contribution < -0.4 is 0 Å². The predicted octanol–water partition coefficient (Wildman–Crippen LogP) is 1.91. The third kappa shape index (κ3) is 2.53. The van der Waals surface area contributed by atoms with Gasteiger partial charge in [0, 0.05) is 25.1 Å². The minimum absolute atomic E-state index is 0.00957. The summed E-state index contributed by atoms with van der Waals surface area (Å²) in [6.07, 6.45) is 9.31. The van der Waals surface area contributed by atoms with Crippen LogP contribution >= 0.6 is 0 Å². The minimum Gasteiger partial charge on any atom is -0.377 e. The Hall–Kier alpha value is -2.21. The van der Waals surface area contributed by atoms with Crippen molar-refractivity contribution in [3.05, 3.63) is 42.7 Å². The molecule has 3 heterocycles. The van der Waals surface area contributed by atoms with Crippen LogP contribution in [-0.2, 0) is 4.74 Å². The van der Waals surface area contributed by atoms with Crippen molar-refractivity contribution in [3.63, 3.8) is 0 Å². The molecule has 4 rings (SSSR count). The van der Waals surface area contributed by atoms with E-state index in [9.17, 15) is 4.79 Å². The summed E-state index contributed by atoms with van der Waals surface area (Å²) >= 11 is 0. The number of aromatic nitrogens is 3. The molecule has 1 saturated heterocycles. The third-order valence-electron chi connectivity index (χ3n) is 4.94. The van der Waals surface area contributed by atoms with Gasteiger partial charge in [-0.15, -0.1) is 0 Å². The second-order valence-corrected chi connectivity index (χ2v) is 6.51. The molecule has 1 aliphatic heterocycles. The van der Waals surface area contributed by atoms with Crippen LogP contribution in [-0.4, -0.2) is 50.6 Å². The van der Waals surface area contributed by atoms with E-state index in [0.29, 0.717) is 31.4 Å². The van der Waals surface area contributed by atoms with E-state index in [2.05, 4.69) is 16.9 Å². The maximum absolute atomic E-state index is 13.1. The van der Waals surface area contributed by atoms with E-state index in [1.807, 2.05) is 27.8 Å². The summed E-state index contributed by atoms with van der Waals surface area (Å²) in [5, 5.41) is 0. The summed E-state index contributed by atoms with van der Waals surface area (Å²) in [6, 6.07) is 3.70. The first-order valence-electron chi connectivity index (χ1n) is 8.02. The van der Waals surface area contributed by atoms with Crippen molar-refractivity contribution in [1.29, 1.82) is 0 Å². The Morgan fingerprint density at radius 2 is 2.26 bits per heavy atom. The van der Waals surface area contributed by atoms with Gasteiger partial charge in [0.1, 0.15) is 5.69 Å². The SMILES string of the molecule is CC1(C2CC2)COCCN1C(=O)c1cc(-n2ccnc2)ccn1. The smallest absolute Gasteiger partial charge is 0.273 e. The normalized spacial score (nSPS) is 24.7. The van der Waals surface area contributed by atoms with Crippen LogP contribution in [0.15, 0.2) is 37.1 Å². The Kier molecular flexibility index (Phi) is 3.41. The van der Waals surface area contributed by atoms with Crippen molar-refractivity contribution in [2.45, 2.75) is 25.3 Å². The largest absolute Gasteiger partial charge is 0.377 e. The fraction of sp³-hybridized carbons (Fsp3) is 0.471. The van der Waals surface area contributed by atoms with Crippen molar-refractivity contribution in [2.75, 3.05) is 19.8 Å². The molecule has 23 heavy (non-hydrogen) atoms. The molecule has 0 radical (unpaired) electrons. The zero-order valence-corrected chi connectivity index (χ0v) is 13.2. The summed E-state index contributed by atoms with van der Waals surface area (Å²) in [6.45, 7) is 3.98. The maximum Gasteiger partial charge on any atom is 0.273 e. The van der Waals surface area contributed by atoms with Crippen LogP contribution in [0, 0.1) is 5.92 Å². The van der Waals surface area contributed by atoms with E-state index >= 15 is 0 Å². The van der Waals surface area contributed by atoms with Crippen LogP contribution in [0.2, 0.25) is 0 Å². The fourth-order valence-corrected chi connectivity index (χ4v) is 3.39. The number of amides is 1. The standard InChI is InChI=1S/C17H20N4O2/c1-17(13-2-3-13)11-23-9-8-21(17)16(22)15-10-14(4-5-19-15)20-7-6-18-12-20/h4-7,10,12-13H,2-3,8-9,11H2,1H3. The second kappa shape index (κ2) is 5.45. The van der Waals surface area contributed by atoms with Gasteiger partial charge in [-0.1, -0.05) is 0 Å². The molecule has 1 aliphatic carbocycles. The van der Waals surface area contributed by atoms with Gasteiger partial charge in [-0.05, 0) is 37.8 Å². The molecular weight excluding hydrogens is 292 g/mol. The number of ether oxygens (including phenoxy) is 1. The molecular formula is C17H20N4O2. The highest BCUT2D eigenvalue weighted by atomic mass is 16.5. The quantitative estimate of drug-likeness (QED) is 0.868. The number of carbonyl (C=O) groups is 1. The zero-order chi connectivity index (χ0) is 15.9. The van der Waals surface area contributed by atoms with Crippen molar-refractivity contribution in [3.8, 4) is 5.69 Å². The molecule has 120 valence electrons. The molecule has 2 aromatic rings. The lowest BCUT2D eigenvalue weighted by Crippen LogP contribution is -2.58. The zero-order valence-electron chi connectivity index (χ0n) is 13.2. The Morgan fingerprint density at radius 1 is 1.39 bits per heavy atom. The van der Waals surface area contributed by atoms with Gasteiger partial charge in [-0.3, -0.25) is 9.78 Å². The van der Waals surface area contributed by atoms with Gasteiger partial charge in [0.05, 0.1) is 30.8 Å². The average molecular weight is 312 g/mol. The first-order valence-corrected chi connectivity index (χ1v) is 8.02. The highest BCUT2D eigenvalue weighted by Crippen LogP contribution is 2.44. The molecule has 0 aromatic carbocycles. The molecule has 1 unspecified atom stereocenters. The first-order chi connectivity index (χ1) is 11.2.